The number of ether oxygens (including phenoxy) is 1. The van der Waals surface area contributed by atoms with Gasteiger partial charge < -0.3 is 9.64 Å². The summed E-state index contributed by atoms with van der Waals surface area (Å²) < 4.78 is 6.50. The van der Waals surface area contributed by atoms with Crippen LogP contribution in [0.25, 0.3) is 0 Å². The van der Waals surface area contributed by atoms with Gasteiger partial charge in [-0.2, -0.15) is 0 Å². The van der Waals surface area contributed by atoms with Crippen LogP contribution in [-0.2, 0) is 0 Å². The van der Waals surface area contributed by atoms with Crippen molar-refractivity contribution in [2.75, 3.05) is 25.1 Å². The second-order valence-electron chi connectivity index (χ2n) is 6.30. The minimum atomic E-state index is 0. The molecule has 1 aliphatic rings. The van der Waals surface area contributed by atoms with E-state index in [0.717, 1.165) is 47.6 Å². The van der Waals surface area contributed by atoms with Crippen LogP contribution in [0.1, 0.15) is 36.0 Å². The molecule has 0 aromatic heterocycles. The largest absolute Gasteiger partial charge is 0.495 e. The highest BCUT2D eigenvalue weighted by molar-refractivity contribution is 9.10. The van der Waals surface area contributed by atoms with Crippen molar-refractivity contribution in [1.29, 1.82) is 0 Å². The van der Waals surface area contributed by atoms with Gasteiger partial charge in [0.15, 0.2) is 5.78 Å². The number of anilines is 1. The van der Waals surface area contributed by atoms with Crippen LogP contribution in [-0.4, -0.2) is 31.8 Å². The van der Waals surface area contributed by atoms with E-state index in [9.17, 15) is 4.79 Å². The van der Waals surface area contributed by atoms with E-state index in [2.05, 4.69) is 15.9 Å². The third-order valence-corrected chi connectivity index (χ3v) is 5.04. The molecule has 1 aliphatic heterocycles. The molecule has 0 saturated carbocycles. The number of carbonyl (C=O) groups excluding carboxylic acids is 1. The number of ketones is 1. The lowest BCUT2D eigenvalue weighted by Crippen LogP contribution is -2.36. The second-order valence-corrected chi connectivity index (χ2v) is 7.21. The fraction of sp³-hybridized carbons (Fsp3) is 0.333. The van der Waals surface area contributed by atoms with Gasteiger partial charge in [-0.3, -0.25) is 9.79 Å². The third kappa shape index (κ3) is 5.66. The quantitative estimate of drug-likeness (QED) is 0.500. The van der Waals surface area contributed by atoms with Gasteiger partial charge in [0.1, 0.15) is 11.6 Å². The van der Waals surface area contributed by atoms with Crippen LogP contribution in [0.2, 0.25) is 0 Å². The van der Waals surface area contributed by atoms with Crippen LogP contribution < -0.4 is 9.64 Å². The van der Waals surface area contributed by atoms with E-state index in [1.165, 1.54) is 6.42 Å². The molecule has 0 spiro atoms. The summed E-state index contributed by atoms with van der Waals surface area (Å²) in [4.78, 5) is 19.7. The Morgan fingerprint density at radius 2 is 1.85 bits per heavy atom. The maximum Gasteiger partial charge on any atom is 0.182 e. The number of methoxy groups -OCH3 is 1. The molecule has 27 heavy (non-hydrogen) atoms. The molecule has 0 amide bonds. The highest BCUT2D eigenvalue weighted by Gasteiger charge is 2.22. The summed E-state index contributed by atoms with van der Waals surface area (Å²) in [5.74, 6) is 1.79. The number of para-hydroxylation sites is 2. The number of halogens is 2. The van der Waals surface area contributed by atoms with Crippen molar-refractivity contribution in [1.82, 2.24) is 0 Å². The monoisotopic (exact) mass is 494 g/mol. The summed E-state index contributed by atoms with van der Waals surface area (Å²) in [5, 5.41) is 0. The van der Waals surface area contributed by atoms with E-state index in [1.807, 2.05) is 53.4 Å². The van der Waals surface area contributed by atoms with Crippen LogP contribution >= 0.6 is 32.9 Å². The molecular formula is C21H24Br2N2O2. The van der Waals surface area contributed by atoms with Gasteiger partial charge in [-0.1, -0.05) is 46.6 Å². The van der Waals surface area contributed by atoms with Gasteiger partial charge in [0, 0.05) is 23.0 Å². The van der Waals surface area contributed by atoms with E-state index >= 15 is 0 Å². The van der Waals surface area contributed by atoms with Crippen LogP contribution in [0, 0.1) is 0 Å². The zero-order chi connectivity index (χ0) is 18.4. The lowest BCUT2D eigenvalue weighted by Gasteiger charge is -2.27. The van der Waals surface area contributed by atoms with Crippen molar-refractivity contribution in [2.45, 2.75) is 25.7 Å². The first-order valence-electron chi connectivity index (χ1n) is 8.91. The van der Waals surface area contributed by atoms with Crippen molar-refractivity contribution >= 4 is 50.2 Å². The molecule has 0 fully saturated rings. The Kier molecular flexibility index (Phi) is 8.51. The lowest BCUT2D eigenvalue weighted by atomic mass is 10.1. The molecule has 2 aromatic rings. The topological polar surface area (TPSA) is 41.9 Å². The summed E-state index contributed by atoms with van der Waals surface area (Å²) >= 11 is 3.41. The SMILES string of the molecule is Br.COc1ccccc1N(CC(=O)c1ccc(Br)cc1)C1=NCCCCC1. The van der Waals surface area contributed by atoms with Gasteiger partial charge in [-0.25, -0.2) is 0 Å². The molecule has 4 nitrogen and oxygen atoms in total. The Balaban J connectivity index is 0.00000261. The normalized spacial score (nSPS) is 13.8. The molecule has 144 valence electrons. The first kappa shape index (κ1) is 21.6. The zero-order valence-electron chi connectivity index (χ0n) is 15.4. The number of hydrogen-bond acceptors (Lipinski definition) is 4. The number of hydrogen-bond donors (Lipinski definition) is 0. The smallest absolute Gasteiger partial charge is 0.182 e. The van der Waals surface area contributed by atoms with Gasteiger partial charge in [-0.15, -0.1) is 17.0 Å². The molecule has 3 rings (SSSR count). The number of aliphatic imine (C=N–C) groups is 1. The number of rotatable bonds is 5. The Labute approximate surface area is 179 Å². The summed E-state index contributed by atoms with van der Waals surface area (Å²) in [6, 6.07) is 15.3. The number of amidine groups is 1. The third-order valence-electron chi connectivity index (χ3n) is 4.51. The van der Waals surface area contributed by atoms with Crippen molar-refractivity contribution in [3.05, 3.63) is 58.6 Å². The Morgan fingerprint density at radius 3 is 2.59 bits per heavy atom. The highest BCUT2D eigenvalue weighted by atomic mass is 79.9. The summed E-state index contributed by atoms with van der Waals surface area (Å²) in [6.07, 6.45) is 4.25. The molecule has 0 aliphatic carbocycles. The predicted molar refractivity (Wildman–Crippen MR) is 120 cm³/mol. The minimum absolute atomic E-state index is 0. The van der Waals surface area contributed by atoms with E-state index in [0.29, 0.717) is 5.56 Å². The highest BCUT2D eigenvalue weighted by Crippen LogP contribution is 2.30. The number of Topliss-reactive ketones (excluding diaryl/α,β-unsaturated/α-hetero) is 1. The van der Waals surface area contributed by atoms with Gasteiger partial charge >= 0.3 is 0 Å². The molecule has 0 radical (unpaired) electrons. The van der Waals surface area contributed by atoms with Crippen LogP contribution in [0.3, 0.4) is 0 Å². The van der Waals surface area contributed by atoms with E-state index in [1.54, 1.807) is 7.11 Å². The minimum Gasteiger partial charge on any atom is -0.495 e. The standard InChI is InChI=1S/C21H23BrN2O2.BrH/c1-26-20-8-5-4-7-18(20)24(21-9-3-2-6-14-23-21)15-19(25)16-10-12-17(22)13-11-16;/h4-5,7-8,10-13H,2-3,6,9,14-15H2,1H3;1H. The van der Waals surface area contributed by atoms with Gasteiger partial charge in [0.2, 0.25) is 0 Å². The molecule has 0 saturated heterocycles. The average Bonchev–Trinajstić information content (AvgIpc) is 2.96. The first-order chi connectivity index (χ1) is 12.7. The van der Waals surface area contributed by atoms with Crippen molar-refractivity contribution in [3.63, 3.8) is 0 Å². The molecule has 0 unspecified atom stereocenters. The van der Waals surface area contributed by atoms with E-state index in [-0.39, 0.29) is 29.3 Å². The van der Waals surface area contributed by atoms with Crippen molar-refractivity contribution in [2.24, 2.45) is 4.99 Å². The summed E-state index contributed by atoms with van der Waals surface area (Å²) in [7, 11) is 1.66. The Hall–Kier alpha value is -1.66. The number of carbonyl (C=O) groups is 1. The summed E-state index contributed by atoms with van der Waals surface area (Å²) in [6.45, 7) is 1.06. The van der Waals surface area contributed by atoms with Crippen molar-refractivity contribution in [3.8, 4) is 5.75 Å². The molecule has 0 N–H and O–H groups in total. The fourth-order valence-electron chi connectivity index (χ4n) is 3.12. The van der Waals surface area contributed by atoms with Crippen LogP contribution in [0.5, 0.6) is 5.75 Å². The average molecular weight is 496 g/mol. The zero-order valence-corrected chi connectivity index (χ0v) is 18.7. The lowest BCUT2D eigenvalue weighted by molar-refractivity contribution is 0.100. The molecule has 0 bridgehead atoms. The Bertz CT molecular complexity index is 791. The fourth-order valence-corrected chi connectivity index (χ4v) is 3.38. The van der Waals surface area contributed by atoms with Gasteiger partial charge in [0.05, 0.1) is 19.3 Å². The number of nitrogens with zero attached hydrogens (tertiary/aromatic N) is 2. The molecule has 6 heteroatoms. The van der Waals surface area contributed by atoms with E-state index < -0.39 is 0 Å². The maximum absolute atomic E-state index is 12.9. The molecule has 2 aromatic carbocycles. The maximum atomic E-state index is 12.9. The summed E-state index contributed by atoms with van der Waals surface area (Å²) in [5.41, 5.74) is 1.59. The van der Waals surface area contributed by atoms with Gasteiger partial charge in [-0.05, 0) is 37.1 Å². The van der Waals surface area contributed by atoms with E-state index in [4.69, 9.17) is 9.73 Å². The van der Waals surface area contributed by atoms with Crippen LogP contribution in [0.4, 0.5) is 5.69 Å². The van der Waals surface area contributed by atoms with Gasteiger partial charge in [0.25, 0.3) is 0 Å². The second kappa shape index (κ2) is 10.6. The van der Waals surface area contributed by atoms with Crippen molar-refractivity contribution < 1.29 is 9.53 Å². The number of benzene rings is 2. The molecule has 1 heterocycles. The Morgan fingerprint density at radius 1 is 1.11 bits per heavy atom. The predicted octanol–water partition coefficient (Wildman–Crippen LogP) is 5.70. The first-order valence-corrected chi connectivity index (χ1v) is 9.71. The van der Waals surface area contributed by atoms with Crippen LogP contribution in [0.15, 0.2) is 58.0 Å². The molecular weight excluding hydrogens is 472 g/mol. The molecule has 0 atom stereocenters.